The highest BCUT2D eigenvalue weighted by Gasteiger charge is 2.05. The van der Waals surface area contributed by atoms with Gasteiger partial charge in [-0.15, -0.1) is 0 Å². The fourth-order valence-corrected chi connectivity index (χ4v) is 2.11. The van der Waals surface area contributed by atoms with Gasteiger partial charge in [0.2, 0.25) is 0 Å². The lowest BCUT2D eigenvalue weighted by molar-refractivity contribution is 0.124. The van der Waals surface area contributed by atoms with Crippen molar-refractivity contribution in [3.63, 3.8) is 0 Å². The summed E-state index contributed by atoms with van der Waals surface area (Å²) in [7, 11) is 0. The smallest absolute Gasteiger partial charge is 0.404 e. The van der Waals surface area contributed by atoms with E-state index in [-0.39, 0.29) is 6.10 Å². The first kappa shape index (κ1) is 16.8. The van der Waals surface area contributed by atoms with E-state index in [0.717, 1.165) is 12.8 Å². The molecule has 0 aliphatic heterocycles. The number of carbonyl (C=O) groups is 1. The van der Waals surface area contributed by atoms with E-state index in [0.29, 0.717) is 0 Å². The third-order valence-electron chi connectivity index (χ3n) is 3.01. The highest BCUT2D eigenvalue weighted by Crippen LogP contribution is 2.12. The number of halogens is 1. The largest absolute Gasteiger partial charge is 0.451 e. The molecule has 0 spiro atoms. The second kappa shape index (κ2) is 12.2. The van der Waals surface area contributed by atoms with Crippen LogP contribution in [0.3, 0.4) is 0 Å². The number of hydrogen-bond acceptors (Lipinski definition) is 2. The van der Waals surface area contributed by atoms with Gasteiger partial charge in [0, 0.05) is 11.6 Å². The van der Waals surface area contributed by atoms with Gasteiger partial charge in [0.1, 0.15) is 6.10 Å². The summed E-state index contributed by atoms with van der Waals surface area (Å²) in [6.07, 6.45) is 12.7. The van der Waals surface area contributed by atoms with E-state index in [9.17, 15) is 4.79 Å². The van der Waals surface area contributed by atoms with Crippen LogP contribution in [0.1, 0.15) is 78.1 Å². The molecule has 0 fully saturated rings. The van der Waals surface area contributed by atoms with Crippen LogP contribution in [-0.2, 0) is 4.74 Å². The third kappa shape index (κ3) is 13.7. The van der Waals surface area contributed by atoms with Crippen molar-refractivity contribution in [1.29, 1.82) is 0 Å². The molecule has 0 radical (unpaired) electrons. The average molecular weight is 263 g/mol. The quantitative estimate of drug-likeness (QED) is 0.354. The maximum Gasteiger partial charge on any atom is 0.404 e. The Labute approximate surface area is 111 Å². The van der Waals surface area contributed by atoms with Gasteiger partial charge in [0.25, 0.3) is 0 Å². The molecule has 0 N–H and O–H groups in total. The number of hydrogen-bond donors (Lipinski definition) is 0. The van der Waals surface area contributed by atoms with Gasteiger partial charge >= 0.3 is 5.43 Å². The molecule has 1 atom stereocenters. The summed E-state index contributed by atoms with van der Waals surface area (Å²) in [5.74, 6) is 0. The third-order valence-corrected chi connectivity index (χ3v) is 3.10. The summed E-state index contributed by atoms with van der Waals surface area (Å²) in [6, 6.07) is 0. The summed E-state index contributed by atoms with van der Waals surface area (Å²) in [5.41, 5.74) is -0.687. The summed E-state index contributed by atoms with van der Waals surface area (Å²) in [4.78, 5) is 10.5. The molecule has 2 nitrogen and oxygen atoms in total. The standard InChI is InChI=1S/C14H27ClO2/c1-3-4-5-6-7-8-9-10-11-12-13(2)17-14(15)16/h13H,3-12H2,1-2H3. The fourth-order valence-electron chi connectivity index (χ4n) is 1.96. The molecular formula is C14H27ClO2. The molecule has 1 unspecified atom stereocenters. The van der Waals surface area contributed by atoms with Crippen LogP contribution in [0.4, 0.5) is 4.79 Å². The second-order valence-corrected chi connectivity index (χ2v) is 5.09. The number of rotatable bonds is 11. The van der Waals surface area contributed by atoms with Gasteiger partial charge in [-0.05, 0) is 19.8 Å². The molecule has 0 aliphatic rings. The van der Waals surface area contributed by atoms with Crippen molar-refractivity contribution in [2.75, 3.05) is 0 Å². The zero-order valence-corrected chi connectivity index (χ0v) is 12.1. The maximum absolute atomic E-state index is 10.5. The van der Waals surface area contributed by atoms with Gasteiger partial charge in [-0.1, -0.05) is 58.3 Å². The molecular weight excluding hydrogens is 236 g/mol. The van der Waals surface area contributed by atoms with Gasteiger partial charge in [-0.2, -0.15) is 0 Å². The van der Waals surface area contributed by atoms with Crippen molar-refractivity contribution in [3.8, 4) is 0 Å². The molecule has 0 saturated heterocycles. The summed E-state index contributed by atoms with van der Waals surface area (Å²) >= 11 is 5.13. The minimum Gasteiger partial charge on any atom is -0.451 e. The van der Waals surface area contributed by atoms with E-state index in [1.807, 2.05) is 6.92 Å². The molecule has 0 aliphatic carbocycles. The van der Waals surface area contributed by atoms with E-state index in [1.165, 1.54) is 51.4 Å². The van der Waals surface area contributed by atoms with Crippen molar-refractivity contribution in [2.45, 2.75) is 84.2 Å². The molecule has 0 aromatic carbocycles. The van der Waals surface area contributed by atoms with Crippen LogP contribution in [0, 0.1) is 0 Å². The first-order valence-corrected chi connectivity index (χ1v) is 7.40. The summed E-state index contributed by atoms with van der Waals surface area (Å²) < 4.78 is 4.85. The Hall–Kier alpha value is -0.240. The molecule has 0 bridgehead atoms. The van der Waals surface area contributed by atoms with Gasteiger partial charge in [-0.25, -0.2) is 4.79 Å². The van der Waals surface area contributed by atoms with Crippen molar-refractivity contribution >= 4 is 17.0 Å². The Kier molecular flexibility index (Phi) is 12.1. The zero-order valence-electron chi connectivity index (χ0n) is 11.3. The van der Waals surface area contributed by atoms with Crippen LogP contribution < -0.4 is 0 Å². The van der Waals surface area contributed by atoms with Crippen molar-refractivity contribution in [1.82, 2.24) is 0 Å². The lowest BCUT2D eigenvalue weighted by Gasteiger charge is -2.10. The number of ether oxygens (including phenoxy) is 1. The van der Waals surface area contributed by atoms with Crippen molar-refractivity contribution < 1.29 is 9.53 Å². The molecule has 17 heavy (non-hydrogen) atoms. The molecule has 102 valence electrons. The highest BCUT2D eigenvalue weighted by molar-refractivity contribution is 6.61. The van der Waals surface area contributed by atoms with Crippen molar-refractivity contribution in [3.05, 3.63) is 0 Å². The summed E-state index contributed by atoms with van der Waals surface area (Å²) in [6.45, 7) is 4.14. The van der Waals surface area contributed by atoms with Gasteiger partial charge in [-0.3, -0.25) is 0 Å². The van der Waals surface area contributed by atoms with Crippen LogP contribution in [0.2, 0.25) is 0 Å². The number of unbranched alkanes of at least 4 members (excludes halogenated alkanes) is 8. The topological polar surface area (TPSA) is 26.3 Å². The predicted octanol–water partition coefficient (Wildman–Crippen LogP) is 5.67. The molecule has 0 saturated carbocycles. The molecule has 0 aromatic heterocycles. The Morgan fingerprint density at radius 3 is 1.94 bits per heavy atom. The van der Waals surface area contributed by atoms with E-state index in [4.69, 9.17) is 16.3 Å². The molecule has 0 amide bonds. The monoisotopic (exact) mass is 262 g/mol. The first-order chi connectivity index (χ1) is 8.16. The fraction of sp³-hybridized carbons (Fsp3) is 0.929. The zero-order chi connectivity index (χ0) is 12.9. The predicted molar refractivity (Wildman–Crippen MR) is 73.6 cm³/mol. The second-order valence-electron chi connectivity index (χ2n) is 4.78. The van der Waals surface area contributed by atoms with Crippen LogP contribution >= 0.6 is 11.6 Å². The molecule has 0 rings (SSSR count). The van der Waals surface area contributed by atoms with Gasteiger partial charge in [0.05, 0.1) is 0 Å². The Morgan fingerprint density at radius 1 is 1.00 bits per heavy atom. The van der Waals surface area contributed by atoms with Crippen molar-refractivity contribution in [2.24, 2.45) is 0 Å². The average Bonchev–Trinajstić information content (AvgIpc) is 2.26. The highest BCUT2D eigenvalue weighted by atomic mass is 35.5. The van der Waals surface area contributed by atoms with E-state index >= 15 is 0 Å². The Morgan fingerprint density at radius 2 is 1.47 bits per heavy atom. The molecule has 0 heterocycles. The van der Waals surface area contributed by atoms with Crippen LogP contribution in [-0.4, -0.2) is 11.5 Å². The van der Waals surface area contributed by atoms with E-state index in [1.54, 1.807) is 0 Å². The molecule has 0 aromatic rings. The lowest BCUT2D eigenvalue weighted by atomic mass is 10.1. The minimum atomic E-state index is -0.687. The van der Waals surface area contributed by atoms with Crippen LogP contribution in [0.15, 0.2) is 0 Å². The normalized spacial score (nSPS) is 12.4. The minimum absolute atomic E-state index is 0.0374. The van der Waals surface area contributed by atoms with Gasteiger partial charge < -0.3 is 4.74 Å². The maximum atomic E-state index is 10.5. The number of carbonyl (C=O) groups excluding carboxylic acids is 1. The molecule has 3 heteroatoms. The van der Waals surface area contributed by atoms with Gasteiger partial charge in [0.15, 0.2) is 0 Å². The SMILES string of the molecule is CCCCCCCCCCCC(C)OC(=O)Cl. The summed E-state index contributed by atoms with van der Waals surface area (Å²) in [5, 5.41) is 0. The first-order valence-electron chi connectivity index (χ1n) is 7.03. The lowest BCUT2D eigenvalue weighted by Crippen LogP contribution is -2.09. The van der Waals surface area contributed by atoms with E-state index < -0.39 is 5.43 Å². The van der Waals surface area contributed by atoms with Crippen LogP contribution in [0.5, 0.6) is 0 Å². The van der Waals surface area contributed by atoms with E-state index in [2.05, 4.69) is 6.92 Å². The Bertz CT molecular complexity index is 183. The Balaban J connectivity index is 3.10. The van der Waals surface area contributed by atoms with Crippen LogP contribution in [0.25, 0.3) is 0 Å².